The Bertz CT molecular complexity index is 278. The van der Waals surface area contributed by atoms with E-state index in [2.05, 4.69) is 12.2 Å². The van der Waals surface area contributed by atoms with Crippen LogP contribution in [0, 0.1) is 5.92 Å². The average molecular weight is 223 g/mol. The highest BCUT2D eigenvalue weighted by atomic mass is 16.5. The van der Waals surface area contributed by atoms with Gasteiger partial charge in [0.15, 0.2) is 0 Å². The Hall–Kier alpha value is -0.800. The molecule has 90 valence electrons. The molecule has 0 aliphatic carbocycles. The third-order valence-corrected chi connectivity index (χ3v) is 3.10. The molecule has 2 rings (SSSR count). The van der Waals surface area contributed by atoms with Gasteiger partial charge in [0.05, 0.1) is 12.9 Å². The van der Waals surface area contributed by atoms with E-state index in [1.54, 1.807) is 6.26 Å². The van der Waals surface area contributed by atoms with Crippen LogP contribution >= 0.6 is 0 Å². The third-order valence-electron chi connectivity index (χ3n) is 3.10. The molecule has 16 heavy (non-hydrogen) atoms. The minimum Gasteiger partial charge on any atom is -0.469 e. The largest absolute Gasteiger partial charge is 0.469 e. The molecule has 2 unspecified atom stereocenters. The molecule has 0 amide bonds. The summed E-state index contributed by atoms with van der Waals surface area (Å²) in [6.07, 6.45) is 5.19. The average Bonchev–Trinajstić information content (AvgIpc) is 2.81. The van der Waals surface area contributed by atoms with E-state index in [1.165, 1.54) is 12.8 Å². The first-order valence-corrected chi connectivity index (χ1v) is 6.18. The Morgan fingerprint density at radius 2 is 2.50 bits per heavy atom. The lowest BCUT2D eigenvalue weighted by Gasteiger charge is -2.24. The maximum absolute atomic E-state index is 5.46. The van der Waals surface area contributed by atoms with Crippen LogP contribution in [0.2, 0.25) is 0 Å². The summed E-state index contributed by atoms with van der Waals surface area (Å²) in [5.41, 5.74) is 0. The first kappa shape index (κ1) is 11.7. The summed E-state index contributed by atoms with van der Waals surface area (Å²) in [5.74, 6) is 1.74. The van der Waals surface area contributed by atoms with Crippen LogP contribution in [-0.4, -0.2) is 25.8 Å². The lowest BCUT2D eigenvalue weighted by Crippen LogP contribution is -2.35. The number of rotatable bonds is 5. The smallest absolute Gasteiger partial charge is 0.105 e. The summed E-state index contributed by atoms with van der Waals surface area (Å²) < 4.78 is 10.8. The molecule has 2 atom stereocenters. The predicted molar refractivity (Wildman–Crippen MR) is 63.4 cm³/mol. The van der Waals surface area contributed by atoms with Gasteiger partial charge in [0.1, 0.15) is 5.76 Å². The lowest BCUT2D eigenvalue weighted by molar-refractivity contribution is 0.0539. The topological polar surface area (TPSA) is 34.4 Å². The third kappa shape index (κ3) is 3.65. The minimum absolute atomic E-state index is 0.466. The van der Waals surface area contributed by atoms with Gasteiger partial charge in [0.2, 0.25) is 0 Å². The van der Waals surface area contributed by atoms with Crippen LogP contribution in [0.3, 0.4) is 0 Å². The van der Waals surface area contributed by atoms with Crippen molar-refractivity contribution in [2.45, 2.75) is 32.2 Å². The summed E-state index contributed by atoms with van der Waals surface area (Å²) in [6.45, 7) is 5.12. The number of ether oxygens (including phenoxy) is 1. The van der Waals surface area contributed by atoms with E-state index in [9.17, 15) is 0 Å². The maximum Gasteiger partial charge on any atom is 0.105 e. The van der Waals surface area contributed by atoms with Gasteiger partial charge in [0.25, 0.3) is 0 Å². The molecule has 1 aliphatic rings. The Balaban J connectivity index is 1.65. The van der Waals surface area contributed by atoms with E-state index >= 15 is 0 Å². The number of hydrogen-bond donors (Lipinski definition) is 1. The van der Waals surface area contributed by atoms with Gasteiger partial charge in [-0.05, 0) is 37.8 Å². The first-order valence-electron chi connectivity index (χ1n) is 6.18. The fourth-order valence-electron chi connectivity index (χ4n) is 2.14. The van der Waals surface area contributed by atoms with Crippen molar-refractivity contribution in [3.63, 3.8) is 0 Å². The zero-order valence-corrected chi connectivity index (χ0v) is 9.95. The van der Waals surface area contributed by atoms with E-state index in [0.29, 0.717) is 12.0 Å². The SMILES string of the molecule is CC(Cc1ccco1)NCC1CCCOC1. The highest BCUT2D eigenvalue weighted by Gasteiger charge is 2.14. The second-order valence-corrected chi connectivity index (χ2v) is 4.68. The van der Waals surface area contributed by atoms with Crippen molar-refractivity contribution in [1.82, 2.24) is 5.32 Å². The van der Waals surface area contributed by atoms with E-state index in [0.717, 1.165) is 31.9 Å². The number of furan rings is 1. The minimum atomic E-state index is 0.466. The summed E-state index contributed by atoms with van der Waals surface area (Å²) in [7, 11) is 0. The van der Waals surface area contributed by atoms with Gasteiger partial charge in [-0.2, -0.15) is 0 Å². The molecule has 1 aliphatic heterocycles. The molecular weight excluding hydrogens is 202 g/mol. The monoisotopic (exact) mass is 223 g/mol. The highest BCUT2D eigenvalue weighted by molar-refractivity contribution is 4.99. The van der Waals surface area contributed by atoms with Crippen LogP contribution in [-0.2, 0) is 11.2 Å². The van der Waals surface area contributed by atoms with Crippen molar-refractivity contribution in [3.8, 4) is 0 Å². The van der Waals surface area contributed by atoms with Gasteiger partial charge in [-0.1, -0.05) is 0 Å². The molecule has 3 heteroatoms. The predicted octanol–water partition coefficient (Wildman–Crippen LogP) is 2.23. The van der Waals surface area contributed by atoms with E-state index in [-0.39, 0.29) is 0 Å². The Labute approximate surface area is 97.2 Å². The van der Waals surface area contributed by atoms with Crippen molar-refractivity contribution in [2.75, 3.05) is 19.8 Å². The van der Waals surface area contributed by atoms with Crippen molar-refractivity contribution < 1.29 is 9.15 Å². The van der Waals surface area contributed by atoms with Gasteiger partial charge in [-0.25, -0.2) is 0 Å². The molecular formula is C13H21NO2. The number of hydrogen-bond acceptors (Lipinski definition) is 3. The van der Waals surface area contributed by atoms with Crippen LogP contribution in [0.25, 0.3) is 0 Å². The van der Waals surface area contributed by atoms with Crippen LogP contribution in [0.1, 0.15) is 25.5 Å². The lowest BCUT2D eigenvalue weighted by atomic mass is 10.0. The van der Waals surface area contributed by atoms with E-state index in [4.69, 9.17) is 9.15 Å². The fourth-order valence-corrected chi connectivity index (χ4v) is 2.14. The molecule has 1 aromatic heterocycles. The standard InChI is InChI=1S/C13H21NO2/c1-11(8-13-5-3-7-16-13)14-9-12-4-2-6-15-10-12/h3,5,7,11-12,14H,2,4,6,8-10H2,1H3. The van der Waals surface area contributed by atoms with Crippen LogP contribution in [0.15, 0.2) is 22.8 Å². The molecule has 0 saturated carbocycles. The summed E-state index contributed by atoms with van der Waals surface area (Å²) >= 11 is 0. The second kappa shape index (κ2) is 6.06. The normalized spacial score (nSPS) is 23.2. The Morgan fingerprint density at radius 3 is 3.19 bits per heavy atom. The molecule has 2 heterocycles. The molecule has 1 aromatic rings. The van der Waals surface area contributed by atoms with Gasteiger partial charge in [-0.15, -0.1) is 0 Å². The van der Waals surface area contributed by atoms with Gasteiger partial charge >= 0.3 is 0 Å². The van der Waals surface area contributed by atoms with Crippen molar-refractivity contribution in [1.29, 1.82) is 0 Å². The zero-order valence-electron chi connectivity index (χ0n) is 9.95. The van der Waals surface area contributed by atoms with E-state index < -0.39 is 0 Å². The molecule has 3 nitrogen and oxygen atoms in total. The molecule has 0 bridgehead atoms. The van der Waals surface area contributed by atoms with Crippen molar-refractivity contribution in [2.24, 2.45) is 5.92 Å². The molecule has 0 aromatic carbocycles. The van der Waals surface area contributed by atoms with Gasteiger partial charge in [-0.3, -0.25) is 0 Å². The molecule has 1 N–H and O–H groups in total. The van der Waals surface area contributed by atoms with Crippen molar-refractivity contribution >= 4 is 0 Å². The highest BCUT2D eigenvalue weighted by Crippen LogP contribution is 2.12. The molecule has 1 fully saturated rings. The van der Waals surface area contributed by atoms with Crippen LogP contribution in [0.5, 0.6) is 0 Å². The molecule has 0 radical (unpaired) electrons. The summed E-state index contributed by atoms with van der Waals surface area (Å²) in [5, 5.41) is 3.55. The zero-order chi connectivity index (χ0) is 11.2. The van der Waals surface area contributed by atoms with E-state index in [1.807, 2.05) is 12.1 Å². The quantitative estimate of drug-likeness (QED) is 0.831. The van der Waals surface area contributed by atoms with Gasteiger partial charge in [0, 0.05) is 25.6 Å². The van der Waals surface area contributed by atoms with Crippen LogP contribution < -0.4 is 5.32 Å². The number of nitrogens with one attached hydrogen (secondary N) is 1. The molecule has 1 saturated heterocycles. The summed E-state index contributed by atoms with van der Waals surface area (Å²) in [6, 6.07) is 4.44. The second-order valence-electron chi connectivity index (χ2n) is 4.68. The maximum atomic E-state index is 5.46. The fraction of sp³-hybridized carbons (Fsp3) is 0.692. The summed E-state index contributed by atoms with van der Waals surface area (Å²) in [4.78, 5) is 0. The van der Waals surface area contributed by atoms with Crippen LogP contribution in [0.4, 0.5) is 0 Å². The van der Waals surface area contributed by atoms with Gasteiger partial charge < -0.3 is 14.5 Å². The molecule has 0 spiro atoms. The Kier molecular flexibility index (Phi) is 4.43. The van der Waals surface area contributed by atoms with Crippen molar-refractivity contribution in [3.05, 3.63) is 24.2 Å². The first-order chi connectivity index (χ1) is 7.84. The Morgan fingerprint density at radius 1 is 1.56 bits per heavy atom.